The third-order valence-electron chi connectivity index (χ3n) is 2.99. The SMILES string of the molecule is COc1ccccc1CNC(=O)c1cccc(OC(C)=O)c1. The summed E-state index contributed by atoms with van der Waals surface area (Å²) in [6.45, 7) is 1.66. The zero-order valence-corrected chi connectivity index (χ0v) is 12.5. The molecule has 0 bridgehead atoms. The van der Waals surface area contributed by atoms with Crippen LogP contribution in [0.3, 0.4) is 0 Å². The lowest BCUT2D eigenvalue weighted by molar-refractivity contribution is -0.131. The molecule has 0 radical (unpaired) electrons. The van der Waals surface area contributed by atoms with Crippen molar-refractivity contribution >= 4 is 11.9 Å². The highest BCUT2D eigenvalue weighted by Crippen LogP contribution is 2.17. The minimum atomic E-state index is -0.424. The van der Waals surface area contributed by atoms with E-state index in [1.807, 2.05) is 24.3 Å². The number of hydrogen-bond donors (Lipinski definition) is 1. The van der Waals surface area contributed by atoms with Gasteiger partial charge in [0, 0.05) is 24.6 Å². The molecule has 0 spiro atoms. The average molecular weight is 299 g/mol. The Balaban J connectivity index is 2.04. The summed E-state index contributed by atoms with van der Waals surface area (Å²) in [6.07, 6.45) is 0. The molecule has 22 heavy (non-hydrogen) atoms. The number of nitrogens with one attached hydrogen (secondary N) is 1. The van der Waals surface area contributed by atoms with Gasteiger partial charge in [-0.25, -0.2) is 0 Å². The zero-order valence-electron chi connectivity index (χ0n) is 12.5. The quantitative estimate of drug-likeness (QED) is 0.680. The fourth-order valence-corrected chi connectivity index (χ4v) is 1.99. The van der Waals surface area contributed by atoms with Gasteiger partial charge in [-0.2, -0.15) is 0 Å². The van der Waals surface area contributed by atoms with Gasteiger partial charge in [0.15, 0.2) is 0 Å². The summed E-state index contributed by atoms with van der Waals surface area (Å²) in [5.41, 5.74) is 1.31. The lowest BCUT2D eigenvalue weighted by Gasteiger charge is -2.10. The Morgan fingerprint density at radius 3 is 2.59 bits per heavy atom. The maximum Gasteiger partial charge on any atom is 0.308 e. The van der Waals surface area contributed by atoms with Gasteiger partial charge in [-0.05, 0) is 24.3 Å². The summed E-state index contributed by atoms with van der Waals surface area (Å²) in [5, 5.41) is 2.81. The van der Waals surface area contributed by atoms with E-state index in [2.05, 4.69) is 5.32 Å². The maximum atomic E-state index is 12.2. The van der Waals surface area contributed by atoms with Gasteiger partial charge in [0.25, 0.3) is 5.91 Å². The molecule has 0 aromatic heterocycles. The first-order chi connectivity index (χ1) is 10.6. The van der Waals surface area contributed by atoms with Gasteiger partial charge in [-0.3, -0.25) is 9.59 Å². The molecule has 2 rings (SSSR count). The van der Waals surface area contributed by atoms with E-state index in [0.717, 1.165) is 11.3 Å². The Kier molecular flexibility index (Phi) is 5.14. The van der Waals surface area contributed by atoms with Crippen molar-refractivity contribution in [3.63, 3.8) is 0 Å². The van der Waals surface area contributed by atoms with Gasteiger partial charge in [0.1, 0.15) is 11.5 Å². The second-order valence-electron chi connectivity index (χ2n) is 4.62. The van der Waals surface area contributed by atoms with Crippen molar-refractivity contribution in [3.05, 3.63) is 59.7 Å². The first kappa shape index (κ1) is 15.6. The van der Waals surface area contributed by atoms with Crippen LogP contribution in [0.15, 0.2) is 48.5 Å². The fourth-order valence-electron chi connectivity index (χ4n) is 1.99. The molecule has 0 fully saturated rings. The molecule has 2 aromatic carbocycles. The second-order valence-corrected chi connectivity index (χ2v) is 4.62. The largest absolute Gasteiger partial charge is 0.496 e. The van der Waals surface area contributed by atoms with Crippen LogP contribution in [0.25, 0.3) is 0 Å². The van der Waals surface area contributed by atoms with Crippen molar-refractivity contribution in [1.29, 1.82) is 0 Å². The Morgan fingerprint density at radius 1 is 1.09 bits per heavy atom. The molecule has 5 nitrogen and oxygen atoms in total. The van der Waals surface area contributed by atoms with E-state index in [4.69, 9.17) is 9.47 Å². The van der Waals surface area contributed by atoms with E-state index in [1.54, 1.807) is 25.3 Å². The van der Waals surface area contributed by atoms with Gasteiger partial charge in [-0.1, -0.05) is 24.3 Å². The molecule has 1 amide bonds. The van der Waals surface area contributed by atoms with Crippen LogP contribution >= 0.6 is 0 Å². The number of benzene rings is 2. The molecule has 5 heteroatoms. The summed E-state index contributed by atoms with van der Waals surface area (Å²) in [4.78, 5) is 23.1. The van der Waals surface area contributed by atoms with Crippen LogP contribution in [0.4, 0.5) is 0 Å². The number of methoxy groups -OCH3 is 1. The zero-order chi connectivity index (χ0) is 15.9. The number of carbonyl (C=O) groups excluding carboxylic acids is 2. The number of hydrogen-bond acceptors (Lipinski definition) is 4. The lowest BCUT2D eigenvalue weighted by atomic mass is 10.1. The molecule has 0 saturated carbocycles. The molecular formula is C17H17NO4. The number of para-hydroxylation sites is 1. The average Bonchev–Trinajstić information content (AvgIpc) is 2.52. The maximum absolute atomic E-state index is 12.2. The van der Waals surface area contributed by atoms with Crippen molar-refractivity contribution in [2.24, 2.45) is 0 Å². The minimum Gasteiger partial charge on any atom is -0.496 e. The Hall–Kier alpha value is -2.82. The first-order valence-corrected chi connectivity index (χ1v) is 6.78. The standard InChI is InChI=1S/C17H17NO4/c1-12(19)22-15-8-5-7-13(10-15)17(20)18-11-14-6-3-4-9-16(14)21-2/h3-10H,11H2,1-2H3,(H,18,20). The lowest BCUT2D eigenvalue weighted by Crippen LogP contribution is -2.23. The van der Waals surface area contributed by atoms with Gasteiger partial charge in [0.05, 0.1) is 7.11 Å². The summed E-state index contributed by atoms with van der Waals surface area (Å²) in [7, 11) is 1.59. The topological polar surface area (TPSA) is 64.6 Å². The van der Waals surface area contributed by atoms with Crippen LogP contribution in [0.5, 0.6) is 11.5 Å². The van der Waals surface area contributed by atoms with Gasteiger partial charge >= 0.3 is 5.97 Å². The van der Waals surface area contributed by atoms with Gasteiger partial charge < -0.3 is 14.8 Å². The molecule has 0 atom stereocenters. The van der Waals surface area contributed by atoms with E-state index in [0.29, 0.717) is 17.9 Å². The first-order valence-electron chi connectivity index (χ1n) is 6.78. The predicted octanol–water partition coefficient (Wildman–Crippen LogP) is 2.55. The molecule has 1 N–H and O–H groups in total. The third-order valence-corrected chi connectivity index (χ3v) is 2.99. The second kappa shape index (κ2) is 7.26. The van der Waals surface area contributed by atoms with E-state index in [-0.39, 0.29) is 5.91 Å². The van der Waals surface area contributed by atoms with Crippen molar-refractivity contribution < 1.29 is 19.1 Å². The predicted molar refractivity (Wildman–Crippen MR) is 81.9 cm³/mol. The van der Waals surface area contributed by atoms with Crippen LogP contribution < -0.4 is 14.8 Å². The van der Waals surface area contributed by atoms with Crippen molar-refractivity contribution in [2.75, 3.05) is 7.11 Å². The van der Waals surface area contributed by atoms with Gasteiger partial charge in [0.2, 0.25) is 0 Å². The highest BCUT2D eigenvalue weighted by atomic mass is 16.5. The Bertz CT molecular complexity index is 682. The number of amides is 1. The van der Waals surface area contributed by atoms with Crippen molar-refractivity contribution in [1.82, 2.24) is 5.32 Å². The molecule has 2 aromatic rings. The van der Waals surface area contributed by atoms with Crippen LogP contribution in [-0.2, 0) is 11.3 Å². The Morgan fingerprint density at radius 2 is 1.86 bits per heavy atom. The van der Waals surface area contributed by atoms with E-state index >= 15 is 0 Å². The third kappa shape index (κ3) is 4.09. The molecule has 0 aliphatic heterocycles. The van der Waals surface area contributed by atoms with Crippen molar-refractivity contribution in [3.8, 4) is 11.5 Å². The van der Waals surface area contributed by atoms with E-state index < -0.39 is 5.97 Å². The Labute approximate surface area is 128 Å². The molecule has 0 aliphatic rings. The summed E-state index contributed by atoms with van der Waals surface area (Å²) in [5.74, 6) is 0.389. The van der Waals surface area contributed by atoms with Crippen LogP contribution in [0.2, 0.25) is 0 Å². The van der Waals surface area contributed by atoms with Crippen molar-refractivity contribution in [2.45, 2.75) is 13.5 Å². The van der Waals surface area contributed by atoms with Crippen LogP contribution in [-0.4, -0.2) is 19.0 Å². The van der Waals surface area contributed by atoms with Crippen LogP contribution in [0, 0.1) is 0 Å². The highest BCUT2D eigenvalue weighted by molar-refractivity contribution is 5.94. The smallest absolute Gasteiger partial charge is 0.308 e. The summed E-state index contributed by atoms with van der Waals surface area (Å²) >= 11 is 0. The molecule has 0 unspecified atom stereocenters. The molecule has 0 saturated heterocycles. The number of esters is 1. The monoisotopic (exact) mass is 299 g/mol. The summed E-state index contributed by atoms with van der Waals surface area (Å²) < 4.78 is 10.2. The van der Waals surface area contributed by atoms with Gasteiger partial charge in [-0.15, -0.1) is 0 Å². The highest BCUT2D eigenvalue weighted by Gasteiger charge is 2.09. The normalized spacial score (nSPS) is 9.91. The number of rotatable bonds is 5. The minimum absolute atomic E-state index is 0.250. The number of carbonyl (C=O) groups is 2. The number of ether oxygens (including phenoxy) is 2. The van der Waals surface area contributed by atoms with E-state index in [1.165, 1.54) is 13.0 Å². The summed E-state index contributed by atoms with van der Waals surface area (Å²) in [6, 6.07) is 13.9. The van der Waals surface area contributed by atoms with Crippen LogP contribution in [0.1, 0.15) is 22.8 Å². The molecular weight excluding hydrogens is 282 g/mol. The molecule has 0 heterocycles. The molecule has 0 aliphatic carbocycles. The van der Waals surface area contributed by atoms with E-state index in [9.17, 15) is 9.59 Å². The fraction of sp³-hybridized carbons (Fsp3) is 0.176. The molecule has 114 valence electrons.